The minimum atomic E-state index is -1.41. The zero-order valence-electron chi connectivity index (χ0n) is 10.5. The van der Waals surface area contributed by atoms with Gasteiger partial charge in [0.25, 0.3) is 0 Å². The van der Waals surface area contributed by atoms with Gasteiger partial charge in [-0.25, -0.2) is 0 Å². The van der Waals surface area contributed by atoms with E-state index in [-0.39, 0.29) is 0 Å². The van der Waals surface area contributed by atoms with Gasteiger partial charge in [0.1, 0.15) is 0 Å². The Labute approximate surface area is 101 Å². The first-order valence-electron chi connectivity index (χ1n) is 6.28. The van der Waals surface area contributed by atoms with Gasteiger partial charge in [-0.1, -0.05) is 74.3 Å². The van der Waals surface area contributed by atoms with E-state index in [1.165, 1.54) is 24.9 Å². The molecule has 0 amide bonds. The fourth-order valence-electron chi connectivity index (χ4n) is 2.64. The van der Waals surface area contributed by atoms with Crippen molar-refractivity contribution in [3.63, 3.8) is 0 Å². The highest BCUT2D eigenvalue weighted by atomic mass is 28.3. The summed E-state index contributed by atoms with van der Waals surface area (Å²) in [5, 5.41) is 1.55. The van der Waals surface area contributed by atoms with Crippen molar-refractivity contribution in [2.75, 3.05) is 0 Å². The van der Waals surface area contributed by atoms with Crippen LogP contribution in [0.3, 0.4) is 0 Å². The molecule has 0 spiro atoms. The second-order valence-corrected chi connectivity index (χ2v) is 9.02. The maximum Gasteiger partial charge on any atom is 0.0986 e. The highest BCUT2D eigenvalue weighted by molar-refractivity contribution is 6.92. The van der Waals surface area contributed by atoms with E-state index in [1.54, 1.807) is 5.19 Å². The average molecular weight is 230 g/mol. The van der Waals surface area contributed by atoms with Gasteiger partial charge in [-0.05, 0) is 0 Å². The second kappa shape index (κ2) is 6.55. The summed E-state index contributed by atoms with van der Waals surface area (Å²) in [6.07, 6.45) is 8.10. The summed E-state index contributed by atoms with van der Waals surface area (Å²) in [4.78, 5) is 0. The zero-order valence-corrected chi connectivity index (χ0v) is 11.5. The number of terminal acetylenes is 1. The van der Waals surface area contributed by atoms with Crippen LogP contribution in [-0.2, 0) is 0 Å². The Morgan fingerprint density at radius 2 is 1.62 bits per heavy atom. The SMILES string of the molecule is C#CC[Si](CCC)(CCC)c1ccccc1. The van der Waals surface area contributed by atoms with Gasteiger partial charge >= 0.3 is 0 Å². The molecule has 0 heterocycles. The van der Waals surface area contributed by atoms with Crippen molar-refractivity contribution in [3.8, 4) is 12.3 Å². The lowest BCUT2D eigenvalue weighted by Crippen LogP contribution is -2.46. The molecule has 1 heteroatoms. The Balaban J connectivity index is 3.05. The van der Waals surface area contributed by atoms with Crippen LogP contribution in [0.5, 0.6) is 0 Å². The Morgan fingerprint density at radius 1 is 1.06 bits per heavy atom. The average Bonchev–Trinajstić information content (AvgIpc) is 2.31. The summed E-state index contributed by atoms with van der Waals surface area (Å²) >= 11 is 0. The quantitative estimate of drug-likeness (QED) is 0.515. The van der Waals surface area contributed by atoms with Gasteiger partial charge < -0.3 is 0 Å². The van der Waals surface area contributed by atoms with E-state index < -0.39 is 8.07 Å². The summed E-state index contributed by atoms with van der Waals surface area (Å²) in [7, 11) is -1.41. The summed E-state index contributed by atoms with van der Waals surface area (Å²) in [5.74, 6) is 2.94. The van der Waals surface area contributed by atoms with Crippen LogP contribution in [0.4, 0.5) is 0 Å². The maximum absolute atomic E-state index is 5.60. The Hall–Kier alpha value is -1.00. The van der Waals surface area contributed by atoms with Gasteiger partial charge in [0, 0.05) is 6.04 Å². The molecule has 86 valence electrons. The van der Waals surface area contributed by atoms with Gasteiger partial charge in [0.15, 0.2) is 0 Å². The number of rotatable bonds is 6. The van der Waals surface area contributed by atoms with Gasteiger partial charge in [0.2, 0.25) is 0 Å². The van der Waals surface area contributed by atoms with Gasteiger partial charge in [-0.15, -0.1) is 12.3 Å². The molecule has 1 rings (SSSR count). The van der Waals surface area contributed by atoms with Crippen molar-refractivity contribution in [1.29, 1.82) is 0 Å². The molecule has 0 unspecified atom stereocenters. The van der Waals surface area contributed by atoms with Gasteiger partial charge in [-0.2, -0.15) is 0 Å². The second-order valence-electron chi connectivity index (χ2n) is 4.53. The van der Waals surface area contributed by atoms with Crippen LogP contribution in [0.2, 0.25) is 18.1 Å². The van der Waals surface area contributed by atoms with E-state index >= 15 is 0 Å². The van der Waals surface area contributed by atoms with Crippen LogP contribution in [0.1, 0.15) is 26.7 Å². The summed E-state index contributed by atoms with van der Waals surface area (Å²) in [6.45, 7) is 4.55. The third-order valence-electron chi connectivity index (χ3n) is 3.28. The van der Waals surface area contributed by atoms with Gasteiger partial charge in [0.05, 0.1) is 8.07 Å². The molecule has 0 radical (unpaired) electrons. The predicted octanol–water partition coefficient (Wildman–Crippen LogP) is 3.80. The molecule has 0 nitrogen and oxygen atoms in total. The number of hydrogen-bond acceptors (Lipinski definition) is 0. The highest BCUT2D eigenvalue weighted by Crippen LogP contribution is 2.24. The topological polar surface area (TPSA) is 0 Å². The molecule has 0 atom stereocenters. The molecule has 0 N–H and O–H groups in total. The highest BCUT2D eigenvalue weighted by Gasteiger charge is 2.31. The van der Waals surface area contributed by atoms with Crippen molar-refractivity contribution in [2.24, 2.45) is 0 Å². The third-order valence-corrected chi connectivity index (χ3v) is 8.64. The number of benzene rings is 1. The fraction of sp³-hybridized carbons (Fsp3) is 0.467. The standard InChI is InChI=1S/C15H22Si/c1-4-12-16(13-5-2,14-6-3)15-10-8-7-9-11-15/h1,7-11H,5-6,12-14H2,2-3H3. The first-order valence-corrected chi connectivity index (χ1v) is 8.90. The zero-order chi connectivity index (χ0) is 11.9. The van der Waals surface area contributed by atoms with Crippen molar-refractivity contribution in [2.45, 2.75) is 44.8 Å². The van der Waals surface area contributed by atoms with Crippen molar-refractivity contribution in [1.82, 2.24) is 0 Å². The molecule has 0 aliphatic rings. The Kier molecular flexibility index (Phi) is 5.35. The van der Waals surface area contributed by atoms with E-state index in [0.717, 1.165) is 6.04 Å². The van der Waals surface area contributed by atoms with Crippen molar-refractivity contribution in [3.05, 3.63) is 30.3 Å². The van der Waals surface area contributed by atoms with E-state index in [9.17, 15) is 0 Å². The monoisotopic (exact) mass is 230 g/mol. The minimum Gasteiger partial charge on any atom is -0.120 e. The fourth-order valence-corrected chi connectivity index (χ4v) is 7.23. The summed E-state index contributed by atoms with van der Waals surface area (Å²) in [6, 6.07) is 14.6. The Bertz CT molecular complexity index is 328. The lowest BCUT2D eigenvalue weighted by Gasteiger charge is -2.30. The molecule has 1 aromatic carbocycles. The summed E-state index contributed by atoms with van der Waals surface area (Å²) in [5.41, 5.74) is 0. The van der Waals surface area contributed by atoms with Crippen LogP contribution in [-0.4, -0.2) is 8.07 Å². The lowest BCUT2D eigenvalue weighted by atomic mass is 10.4. The van der Waals surface area contributed by atoms with E-state index in [0.29, 0.717) is 0 Å². The molecule has 16 heavy (non-hydrogen) atoms. The maximum atomic E-state index is 5.60. The van der Waals surface area contributed by atoms with Crippen molar-refractivity contribution < 1.29 is 0 Å². The molecule has 0 saturated heterocycles. The molecular formula is C15H22Si. The predicted molar refractivity (Wildman–Crippen MR) is 75.7 cm³/mol. The molecule has 0 aromatic heterocycles. The normalized spacial score (nSPS) is 11.1. The van der Waals surface area contributed by atoms with Crippen LogP contribution < -0.4 is 5.19 Å². The Morgan fingerprint density at radius 3 is 2.06 bits per heavy atom. The smallest absolute Gasteiger partial charge is 0.0986 e. The molecule has 0 fully saturated rings. The molecule has 0 bridgehead atoms. The molecule has 1 aromatic rings. The first kappa shape index (κ1) is 13.1. The van der Waals surface area contributed by atoms with E-state index in [4.69, 9.17) is 6.42 Å². The number of hydrogen-bond donors (Lipinski definition) is 0. The van der Waals surface area contributed by atoms with Crippen molar-refractivity contribution >= 4 is 13.3 Å². The minimum absolute atomic E-state index is 0.999. The lowest BCUT2D eigenvalue weighted by molar-refractivity contribution is 0.983. The third kappa shape index (κ3) is 2.99. The van der Waals surface area contributed by atoms with Crippen LogP contribution in [0.15, 0.2) is 30.3 Å². The molecular weight excluding hydrogens is 208 g/mol. The van der Waals surface area contributed by atoms with Crippen LogP contribution >= 0.6 is 0 Å². The first-order chi connectivity index (χ1) is 7.79. The molecule has 0 saturated carbocycles. The largest absolute Gasteiger partial charge is 0.120 e. The van der Waals surface area contributed by atoms with Gasteiger partial charge in [-0.3, -0.25) is 0 Å². The molecule has 0 aliphatic heterocycles. The van der Waals surface area contributed by atoms with Crippen LogP contribution in [0, 0.1) is 12.3 Å². The van der Waals surface area contributed by atoms with Crippen LogP contribution in [0.25, 0.3) is 0 Å². The van der Waals surface area contributed by atoms with E-state index in [1.807, 2.05) is 0 Å². The summed E-state index contributed by atoms with van der Waals surface area (Å²) < 4.78 is 0. The van der Waals surface area contributed by atoms with E-state index in [2.05, 4.69) is 50.1 Å². The molecule has 0 aliphatic carbocycles.